The summed E-state index contributed by atoms with van der Waals surface area (Å²) in [5.74, 6) is 0.802. The standard InChI is InChI=1S/C19H26N2O3S/c1-14(11-16-3-5-17(6-4-16)23-10-8-22)21-7-9-24-19(12-21)18-13-25-15(2)20-18/h3-6,13-14,19,22H,7-12H2,1-2H3. The maximum Gasteiger partial charge on any atom is 0.119 e. The first-order chi connectivity index (χ1) is 12.2. The second kappa shape index (κ2) is 8.76. The van der Waals surface area contributed by atoms with Gasteiger partial charge >= 0.3 is 0 Å². The highest BCUT2D eigenvalue weighted by Crippen LogP contribution is 2.25. The average molecular weight is 362 g/mol. The van der Waals surface area contributed by atoms with E-state index in [9.17, 15) is 0 Å². The molecule has 2 aromatic rings. The van der Waals surface area contributed by atoms with Gasteiger partial charge in [-0.25, -0.2) is 4.98 Å². The van der Waals surface area contributed by atoms with Crippen LogP contribution in [0.2, 0.25) is 0 Å². The van der Waals surface area contributed by atoms with Crippen molar-refractivity contribution in [3.8, 4) is 5.75 Å². The molecule has 1 saturated heterocycles. The van der Waals surface area contributed by atoms with Crippen molar-refractivity contribution in [1.29, 1.82) is 0 Å². The number of aliphatic hydroxyl groups is 1. The second-order valence-electron chi connectivity index (χ2n) is 6.41. The van der Waals surface area contributed by atoms with Crippen molar-refractivity contribution in [3.05, 3.63) is 45.9 Å². The Labute approximate surface area is 153 Å². The van der Waals surface area contributed by atoms with E-state index in [0.717, 1.165) is 42.6 Å². The second-order valence-corrected chi connectivity index (χ2v) is 7.48. The molecule has 1 aliphatic heterocycles. The summed E-state index contributed by atoms with van der Waals surface area (Å²) in [7, 11) is 0. The van der Waals surface area contributed by atoms with E-state index >= 15 is 0 Å². The fraction of sp³-hybridized carbons (Fsp3) is 0.526. The topological polar surface area (TPSA) is 54.8 Å². The van der Waals surface area contributed by atoms with E-state index < -0.39 is 0 Å². The van der Waals surface area contributed by atoms with Crippen LogP contribution in [0.4, 0.5) is 0 Å². The molecule has 3 rings (SSSR count). The summed E-state index contributed by atoms with van der Waals surface area (Å²) in [6.07, 6.45) is 1.07. The van der Waals surface area contributed by atoms with Gasteiger partial charge in [0, 0.05) is 24.5 Å². The molecule has 25 heavy (non-hydrogen) atoms. The van der Waals surface area contributed by atoms with Crippen molar-refractivity contribution < 1.29 is 14.6 Å². The molecule has 2 unspecified atom stereocenters. The minimum atomic E-state index is 0.0372. The van der Waals surface area contributed by atoms with E-state index in [1.54, 1.807) is 11.3 Å². The third kappa shape index (κ3) is 5.01. The lowest BCUT2D eigenvalue weighted by Gasteiger charge is -2.36. The predicted molar refractivity (Wildman–Crippen MR) is 99.3 cm³/mol. The van der Waals surface area contributed by atoms with E-state index in [1.165, 1.54) is 5.56 Å². The average Bonchev–Trinajstić information content (AvgIpc) is 3.08. The number of rotatable bonds is 7. The third-order valence-electron chi connectivity index (χ3n) is 4.50. The predicted octanol–water partition coefficient (Wildman–Crippen LogP) is 2.83. The number of nitrogens with zero attached hydrogens (tertiary/aromatic N) is 2. The number of aryl methyl sites for hydroxylation is 1. The van der Waals surface area contributed by atoms with Crippen LogP contribution in [0.25, 0.3) is 0 Å². The Balaban J connectivity index is 1.56. The van der Waals surface area contributed by atoms with Gasteiger partial charge in [-0.3, -0.25) is 4.90 Å². The number of hydrogen-bond acceptors (Lipinski definition) is 6. The normalized spacial score (nSPS) is 19.7. The van der Waals surface area contributed by atoms with Crippen molar-refractivity contribution >= 4 is 11.3 Å². The van der Waals surface area contributed by atoms with Crippen LogP contribution in [0.5, 0.6) is 5.75 Å². The minimum absolute atomic E-state index is 0.0372. The van der Waals surface area contributed by atoms with Crippen molar-refractivity contribution in [2.45, 2.75) is 32.4 Å². The number of aliphatic hydroxyl groups excluding tert-OH is 1. The van der Waals surface area contributed by atoms with Gasteiger partial charge in [-0.05, 0) is 38.0 Å². The van der Waals surface area contributed by atoms with Crippen molar-refractivity contribution in [3.63, 3.8) is 0 Å². The van der Waals surface area contributed by atoms with Gasteiger partial charge in [0.05, 0.1) is 23.9 Å². The van der Waals surface area contributed by atoms with Gasteiger partial charge in [0.25, 0.3) is 0 Å². The number of ether oxygens (including phenoxy) is 2. The Bertz CT molecular complexity index is 659. The molecule has 0 amide bonds. The van der Waals surface area contributed by atoms with Crippen molar-refractivity contribution in [2.75, 3.05) is 32.9 Å². The van der Waals surface area contributed by atoms with E-state index in [1.807, 2.05) is 19.1 Å². The van der Waals surface area contributed by atoms with Gasteiger partial charge in [-0.15, -0.1) is 11.3 Å². The van der Waals surface area contributed by atoms with Gasteiger partial charge in [0.1, 0.15) is 18.5 Å². The first kappa shape index (κ1) is 18.3. The molecule has 6 heteroatoms. The van der Waals surface area contributed by atoms with Crippen LogP contribution < -0.4 is 4.74 Å². The highest BCUT2D eigenvalue weighted by Gasteiger charge is 2.26. The molecule has 1 N–H and O–H groups in total. The molecule has 1 aliphatic rings. The summed E-state index contributed by atoms with van der Waals surface area (Å²) in [5, 5.41) is 12.0. The Morgan fingerprint density at radius 2 is 2.20 bits per heavy atom. The molecule has 0 bridgehead atoms. The number of thiazole rings is 1. The van der Waals surface area contributed by atoms with Gasteiger partial charge in [0.15, 0.2) is 0 Å². The largest absolute Gasteiger partial charge is 0.491 e. The van der Waals surface area contributed by atoms with E-state index in [-0.39, 0.29) is 12.7 Å². The summed E-state index contributed by atoms with van der Waals surface area (Å²) >= 11 is 1.68. The number of morpholine rings is 1. The van der Waals surface area contributed by atoms with Crippen LogP contribution in [-0.4, -0.2) is 53.9 Å². The van der Waals surface area contributed by atoms with Crippen LogP contribution in [0.3, 0.4) is 0 Å². The molecule has 2 atom stereocenters. The number of benzene rings is 1. The monoisotopic (exact) mass is 362 g/mol. The fourth-order valence-electron chi connectivity index (χ4n) is 3.13. The molecule has 136 valence electrons. The molecule has 0 aliphatic carbocycles. The van der Waals surface area contributed by atoms with Crippen molar-refractivity contribution in [2.24, 2.45) is 0 Å². The zero-order chi connectivity index (χ0) is 17.6. The summed E-state index contributed by atoms with van der Waals surface area (Å²) in [4.78, 5) is 7.07. The summed E-state index contributed by atoms with van der Waals surface area (Å²) < 4.78 is 11.3. The lowest BCUT2D eigenvalue weighted by Crippen LogP contribution is -2.44. The molecule has 1 aromatic heterocycles. The molecule has 1 aromatic carbocycles. The molecule has 0 radical (unpaired) electrons. The highest BCUT2D eigenvalue weighted by molar-refractivity contribution is 7.09. The Hall–Kier alpha value is -1.47. The first-order valence-corrected chi connectivity index (χ1v) is 9.64. The summed E-state index contributed by atoms with van der Waals surface area (Å²) in [6, 6.07) is 8.58. The summed E-state index contributed by atoms with van der Waals surface area (Å²) in [5.41, 5.74) is 2.35. The quantitative estimate of drug-likeness (QED) is 0.821. The molecule has 0 saturated carbocycles. The Kier molecular flexibility index (Phi) is 6.42. The smallest absolute Gasteiger partial charge is 0.119 e. The minimum Gasteiger partial charge on any atom is -0.491 e. The van der Waals surface area contributed by atoms with Crippen LogP contribution in [-0.2, 0) is 11.2 Å². The van der Waals surface area contributed by atoms with E-state index in [4.69, 9.17) is 14.6 Å². The molecule has 1 fully saturated rings. The maximum atomic E-state index is 8.81. The fourth-order valence-corrected chi connectivity index (χ4v) is 3.79. The number of hydrogen-bond donors (Lipinski definition) is 1. The van der Waals surface area contributed by atoms with Crippen LogP contribution >= 0.6 is 11.3 Å². The van der Waals surface area contributed by atoms with Gasteiger partial charge in [0.2, 0.25) is 0 Å². The maximum absolute atomic E-state index is 8.81. The summed E-state index contributed by atoms with van der Waals surface area (Å²) in [6.45, 7) is 7.27. The number of aromatic nitrogens is 1. The SMILES string of the molecule is Cc1nc(C2CN(C(C)Cc3ccc(OCCO)cc3)CCO2)cs1. The molecular formula is C19H26N2O3S. The zero-order valence-electron chi connectivity index (χ0n) is 14.9. The Morgan fingerprint density at radius 3 is 2.88 bits per heavy atom. The third-order valence-corrected chi connectivity index (χ3v) is 5.29. The van der Waals surface area contributed by atoms with Crippen LogP contribution in [0.1, 0.15) is 29.3 Å². The van der Waals surface area contributed by atoms with Gasteiger partial charge in [-0.1, -0.05) is 12.1 Å². The van der Waals surface area contributed by atoms with Gasteiger partial charge in [-0.2, -0.15) is 0 Å². The molecule has 5 nitrogen and oxygen atoms in total. The van der Waals surface area contributed by atoms with Gasteiger partial charge < -0.3 is 14.6 Å². The van der Waals surface area contributed by atoms with E-state index in [0.29, 0.717) is 12.6 Å². The highest BCUT2D eigenvalue weighted by atomic mass is 32.1. The Morgan fingerprint density at radius 1 is 1.40 bits per heavy atom. The lowest BCUT2D eigenvalue weighted by molar-refractivity contribution is -0.0441. The van der Waals surface area contributed by atoms with Crippen molar-refractivity contribution in [1.82, 2.24) is 9.88 Å². The lowest BCUT2D eigenvalue weighted by atomic mass is 10.0. The molecule has 0 spiro atoms. The zero-order valence-corrected chi connectivity index (χ0v) is 15.7. The molecule has 2 heterocycles. The van der Waals surface area contributed by atoms with Crippen LogP contribution in [0, 0.1) is 6.92 Å². The van der Waals surface area contributed by atoms with Crippen LogP contribution in [0.15, 0.2) is 29.6 Å². The first-order valence-electron chi connectivity index (χ1n) is 8.76. The molecular weight excluding hydrogens is 336 g/mol. The van der Waals surface area contributed by atoms with E-state index in [2.05, 4.69) is 34.3 Å².